The second-order valence-corrected chi connectivity index (χ2v) is 5.32. The summed E-state index contributed by atoms with van der Waals surface area (Å²) in [5.41, 5.74) is 0.972. The van der Waals surface area contributed by atoms with E-state index in [9.17, 15) is 9.90 Å². The number of benzene rings is 1. The molecule has 3 rings (SSSR count). The van der Waals surface area contributed by atoms with Crippen LogP contribution in [0.15, 0.2) is 18.2 Å². The van der Waals surface area contributed by atoms with Crippen molar-refractivity contribution in [3.63, 3.8) is 0 Å². The number of carboxylic acids is 1. The van der Waals surface area contributed by atoms with Gasteiger partial charge < -0.3 is 14.9 Å². The molecule has 5 nitrogen and oxygen atoms in total. The van der Waals surface area contributed by atoms with Crippen molar-refractivity contribution >= 4 is 5.97 Å². The van der Waals surface area contributed by atoms with Gasteiger partial charge in [-0.15, -0.1) is 0 Å². The van der Waals surface area contributed by atoms with E-state index in [1.807, 2.05) is 11.0 Å². The van der Waals surface area contributed by atoms with Crippen LogP contribution in [-0.4, -0.2) is 40.8 Å². The Morgan fingerprint density at radius 2 is 2.21 bits per heavy atom. The highest BCUT2D eigenvalue weighted by molar-refractivity contribution is 5.69. The highest BCUT2D eigenvalue weighted by Gasteiger charge is 2.34. The predicted octanol–water partition coefficient (Wildman–Crippen LogP) is 1.62. The summed E-state index contributed by atoms with van der Waals surface area (Å²) in [7, 11) is 0. The molecule has 0 radical (unpaired) electrons. The Morgan fingerprint density at radius 3 is 2.89 bits per heavy atom. The predicted molar refractivity (Wildman–Crippen MR) is 68.3 cm³/mol. The number of hydrogen-bond donors (Lipinski definition) is 2. The van der Waals surface area contributed by atoms with Crippen LogP contribution < -0.4 is 4.74 Å². The quantitative estimate of drug-likeness (QED) is 0.844. The molecular weight excluding hydrogens is 246 g/mol. The number of carbonyl (C=O) groups is 1. The Morgan fingerprint density at radius 1 is 1.42 bits per heavy atom. The summed E-state index contributed by atoms with van der Waals surface area (Å²) < 4.78 is 5.56. The number of carboxylic acid groups (broad SMARTS) is 1. The van der Waals surface area contributed by atoms with E-state index < -0.39 is 5.97 Å². The number of hydrogen-bond acceptors (Lipinski definition) is 4. The third kappa shape index (κ3) is 2.66. The standard InChI is InChI=1S/C14H17NO4/c16-10-3-4-11-12(8-19-13(11)5-10)15(7-14(17)18)6-9-1-2-9/h3-5,9,12,16H,1-2,6-8H2,(H,17,18). The van der Waals surface area contributed by atoms with Crippen molar-refractivity contribution in [1.29, 1.82) is 0 Å². The van der Waals surface area contributed by atoms with Crippen LogP contribution in [0, 0.1) is 5.92 Å². The molecule has 1 aromatic carbocycles. The van der Waals surface area contributed by atoms with Crippen LogP contribution in [0.3, 0.4) is 0 Å². The number of nitrogens with zero attached hydrogens (tertiary/aromatic N) is 1. The maximum atomic E-state index is 11.0. The molecule has 5 heteroatoms. The zero-order chi connectivity index (χ0) is 13.4. The summed E-state index contributed by atoms with van der Waals surface area (Å²) in [5, 5.41) is 18.5. The molecule has 1 aliphatic heterocycles. The fourth-order valence-electron chi connectivity index (χ4n) is 2.59. The summed E-state index contributed by atoms with van der Waals surface area (Å²) in [4.78, 5) is 13.0. The molecule has 1 saturated carbocycles. The minimum Gasteiger partial charge on any atom is -0.508 e. The minimum absolute atomic E-state index is 0.0210. The monoisotopic (exact) mass is 263 g/mol. The highest BCUT2D eigenvalue weighted by atomic mass is 16.5. The molecule has 0 spiro atoms. The Bertz CT molecular complexity index is 498. The molecule has 1 aliphatic carbocycles. The normalized spacial score (nSPS) is 21.2. The SMILES string of the molecule is O=C(O)CN(CC1CC1)C1COc2cc(O)ccc21. The van der Waals surface area contributed by atoms with Gasteiger partial charge in [-0.1, -0.05) is 0 Å². The maximum absolute atomic E-state index is 11.0. The molecule has 2 N–H and O–H groups in total. The number of rotatable bonds is 5. The van der Waals surface area contributed by atoms with Gasteiger partial charge in [0, 0.05) is 18.2 Å². The first-order chi connectivity index (χ1) is 9.13. The van der Waals surface area contributed by atoms with Gasteiger partial charge in [0.25, 0.3) is 0 Å². The molecule has 0 saturated heterocycles. The average molecular weight is 263 g/mol. The number of phenolic OH excluding ortho intramolecular Hbond substituents is 1. The Labute approximate surface area is 111 Å². The van der Waals surface area contributed by atoms with Gasteiger partial charge in [-0.3, -0.25) is 9.69 Å². The number of phenols is 1. The Hall–Kier alpha value is -1.75. The molecule has 1 atom stereocenters. The zero-order valence-corrected chi connectivity index (χ0v) is 10.6. The number of aliphatic carboxylic acids is 1. The van der Waals surface area contributed by atoms with Gasteiger partial charge in [-0.25, -0.2) is 0 Å². The first-order valence-electron chi connectivity index (χ1n) is 6.55. The van der Waals surface area contributed by atoms with E-state index in [4.69, 9.17) is 9.84 Å². The molecule has 2 aliphatic rings. The van der Waals surface area contributed by atoms with Gasteiger partial charge in [0.15, 0.2) is 0 Å². The lowest BCUT2D eigenvalue weighted by molar-refractivity contribution is -0.139. The van der Waals surface area contributed by atoms with Crippen LogP contribution in [0.4, 0.5) is 0 Å². The molecule has 19 heavy (non-hydrogen) atoms. The third-order valence-electron chi connectivity index (χ3n) is 3.72. The summed E-state index contributed by atoms with van der Waals surface area (Å²) in [5.74, 6) is 0.649. The lowest BCUT2D eigenvalue weighted by Crippen LogP contribution is -2.36. The zero-order valence-electron chi connectivity index (χ0n) is 10.6. The first kappa shape index (κ1) is 12.3. The summed E-state index contributed by atoms with van der Waals surface area (Å²) in [6.07, 6.45) is 2.37. The summed E-state index contributed by atoms with van der Waals surface area (Å²) in [6, 6.07) is 5.01. The third-order valence-corrected chi connectivity index (χ3v) is 3.72. The van der Waals surface area contributed by atoms with Gasteiger partial charge >= 0.3 is 5.97 Å². The Balaban J connectivity index is 1.81. The van der Waals surface area contributed by atoms with E-state index in [1.54, 1.807) is 12.1 Å². The van der Waals surface area contributed by atoms with Crippen molar-refractivity contribution in [3.8, 4) is 11.5 Å². The lowest BCUT2D eigenvalue weighted by atomic mass is 10.1. The van der Waals surface area contributed by atoms with Crippen LogP contribution in [-0.2, 0) is 4.79 Å². The van der Waals surface area contributed by atoms with Crippen LogP contribution in [0.5, 0.6) is 11.5 Å². The second-order valence-electron chi connectivity index (χ2n) is 5.32. The van der Waals surface area contributed by atoms with E-state index in [0.717, 1.165) is 12.1 Å². The van der Waals surface area contributed by atoms with Gasteiger partial charge in [-0.05, 0) is 30.9 Å². The average Bonchev–Trinajstić information content (AvgIpc) is 3.06. The smallest absolute Gasteiger partial charge is 0.317 e. The van der Waals surface area contributed by atoms with E-state index in [2.05, 4.69) is 0 Å². The second kappa shape index (κ2) is 4.74. The lowest BCUT2D eigenvalue weighted by Gasteiger charge is -2.26. The minimum atomic E-state index is -0.812. The van der Waals surface area contributed by atoms with Gasteiger partial charge in [0.05, 0.1) is 12.6 Å². The van der Waals surface area contributed by atoms with Gasteiger partial charge in [0.2, 0.25) is 0 Å². The summed E-state index contributed by atoms with van der Waals surface area (Å²) >= 11 is 0. The fraction of sp³-hybridized carbons (Fsp3) is 0.500. The maximum Gasteiger partial charge on any atom is 0.317 e. The largest absolute Gasteiger partial charge is 0.508 e. The van der Waals surface area contributed by atoms with Crippen molar-refractivity contribution in [2.75, 3.05) is 19.7 Å². The Kier molecular flexibility index (Phi) is 3.06. The van der Waals surface area contributed by atoms with Gasteiger partial charge in [0.1, 0.15) is 18.1 Å². The first-order valence-corrected chi connectivity index (χ1v) is 6.55. The molecule has 1 aromatic rings. The topological polar surface area (TPSA) is 70.0 Å². The molecule has 102 valence electrons. The molecule has 1 fully saturated rings. The molecule has 1 heterocycles. The van der Waals surface area contributed by atoms with Crippen LogP contribution in [0.2, 0.25) is 0 Å². The van der Waals surface area contributed by atoms with E-state index in [-0.39, 0.29) is 18.3 Å². The van der Waals surface area contributed by atoms with Crippen molar-refractivity contribution < 1.29 is 19.7 Å². The van der Waals surface area contributed by atoms with Crippen LogP contribution in [0.25, 0.3) is 0 Å². The number of fused-ring (bicyclic) bond motifs is 1. The number of ether oxygens (including phenoxy) is 1. The molecule has 0 bridgehead atoms. The molecular formula is C14H17NO4. The van der Waals surface area contributed by atoms with E-state index >= 15 is 0 Å². The van der Waals surface area contributed by atoms with E-state index in [1.165, 1.54) is 12.8 Å². The van der Waals surface area contributed by atoms with Crippen LogP contribution >= 0.6 is 0 Å². The van der Waals surface area contributed by atoms with Crippen LogP contribution in [0.1, 0.15) is 24.4 Å². The number of aromatic hydroxyl groups is 1. The van der Waals surface area contributed by atoms with Crippen molar-refractivity contribution in [3.05, 3.63) is 23.8 Å². The van der Waals surface area contributed by atoms with Crippen molar-refractivity contribution in [2.24, 2.45) is 5.92 Å². The van der Waals surface area contributed by atoms with Crippen molar-refractivity contribution in [1.82, 2.24) is 4.90 Å². The van der Waals surface area contributed by atoms with Crippen molar-refractivity contribution in [2.45, 2.75) is 18.9 Å². The molecule has 0 amide bonds. The van der Waals surface area contributed by atoms with E-state index in [0.29, 0.717) is 18.3 Å². The van der Waals surface area contributed by atoms with Gasteiger partial charge in [-0.2, -0.15) is 0 Å². The summed E-state index contributed by atoms with van der Waals surface area (Å²) in [6.45, 7) is 1.30. The molecule has 0 aromatic heterocycles. The highest BCUT2D eigenvalue weighted by Crippen LogP contribution is 2.40. The molecule has 1 unspecified atom stereocenters. The fourth-order valence-corrected chi connectivity index (χ4v) is 2.59.